The Morgan fingerprint density at radius 2 is 1.95 bits per heavy atom. The van der Waals surface area contributed by atoms with E-state index in [1.165, 1.54) is 18.2 Å². The third-order valence-electron chi connectivity index (χ3n) is 3.47. The molecule has 0 aromatic heterocycles. The normalized spacial score (nSPS) is 24.3. The third-order valence-corrected chi connectivity index (χ3v) is 3.47. The first-order chi connectivity index (χ1) is 8.89. The van der Waals surface area contributed by atoms with Gasteiger partial charge in [-0.2, -0.15) is 0 Å². The number of nitrogens with zero attached hydrogens (tertiary/aromatic N) is 2. The van der Waals surface area contributed by atoms with Crippen LogP contribution in [0.25, 0.3) is 0 Å². The van der Waals surface area contributed by atoms with E-state index in [1.54, 1.807) is 0 Å². The standard InChI is InChI=1S/C14H20F2N2O/c1-17(2)9-14(19)6-7-18(10-14)8-11-12(15)4-3-5-13(11)16/h3-5,19H,6-10H2,1-2H3/t14-/m0/s1. The van der Waals surface area contributed by atoms with E-state index in [2.05, 4.69) is 0 Å². The molecule has 3 nitrogen and oxygen atoms in total. The van der Waals surface area contributed by atoms with E-state index < -0.39 is 17.2 Å². The number of likely N-dealkylation sites (N-methyl/N-ethyl adjacent to an activating group) is 1. The smallest absolute Gasteiger partial charge is 0.130 e. The van der Waals surface area contributed by atoms with Crippen LogP contribution in [0, 0.1) is 11.6 Å². The molecule has 1 aromatic rings. The topological polar surface area (TPSA) is 26.7 Å². The number of halogens is 2. The van der Waals surface area contributed by atoms with Gasteiger partial charge < -0.3 is 10.0 Å². The van der Waals surface area contributed by atoms with Crippen molar-refractivity contribution in [2.75, 3.05) is 33.7 Å². The number of β-amino-alcohol motifs (C(OH)–C–C–N with tert-alkyl or cyclic N) is 1. The molecule has 0 spiro atoms. The summed E-state index contributed by atoms with van der Waals surface area (Å²) in [4.78, 5) is 3.82. The second-order valence-corrected chi connectivity index (χ2v) is 5.62. The molecule has 2 rings (SSSR count). The van der Waals surface area contributed by atoms with Gasteiger partial charge in [0.1, 0.15) is 11.6 Å². The monoisotopic (exact) mass is 270 g/mol. The van der Waals surface area contributed by atoms with Gasteiger partial charge in [-0.15, -0.1) is 0 Å². The van der Waals surface area contributed by atoms with Crippen molar-refractivity contribution in [3.63, 3.8) is 0 Å². The molecule has 0 unspecified atom stereocenters. The number of rotatable bonds is 4. The van der Waals surface area contributed by atoms with Crippen molar-refractivity contribution in [1.29, 1.82) is 0 Å². The maximum atomic E-state index is 13.6. The van der Waals surface area contributed by atoms with E-state index >= 15 is 0 Å². The van der Waals surface area contributed by atoms with Crippen LogP contribution in [-0.2, 0) is 6.54 Å². The first-order valence-corrected chi connectivity index (χ1v) is 6.42. The molecule has 0 radical (unpaired) electrons. The average Bonchev–Trinajstić information content (AvgIpc) is 2.64. The van der Waals surface area contributed by atoms with Crippen molar-refractivity contribution >= 4 is 0 Å². The van der Waals surface area contributed by atoms with Crippen LogP contribution in [0.1, 0.15) is 12.0 Å². The second-order valence-electron chi connectivity index (χ2n) is 5.62. The molecule has 1 aromatic carbocycles. The molecule has 106 valence electrons. The summed E-state index contributed by atoms with van der Waals surface area (Å²) < 4.78 is 27.1. The maximum Gasteiger partial charge on any atom is 0.130 e. The van der Waals surface area contributed by atoms with Crippen LogP contribution in [0.15, 0.2) is 18.2 Å². The lowest BCUT2D eigenvalue weighted by Crippen LogP contribution is -2.42. The molecule has 0 bridgehead atoms. The van der Waals surface area contributed by atoms with Gasteiger partial charge in [0.2, 0.25) is 0 Å². The minimum atomic E-state index is -0.786. The van der Waals surface area contributed by atoms with Gasteiger partial charge in [0.25, 0.3) is 0 Å². The van der Waals surface area contributed by atoms with Crippen molar-refractivity contribution < 1.29 is 13.9 Å². The first kappa shape index (κ1) is 14.4. The molecule has 0 saturated carbocycles. The maximum absolute atomic E-state index is 13.6. The third kappa shape index (κ3) is 3.49. The van der Waals surface area contributed by atoms with Crippen LogP contribution in [0.5, 0.6) is 0 Å². The fourth-order valence-electron chi connectivity index (χ4n) is 2.70. The van der Waals surface area contributed by atoms with Gasteiger partial charge in [-0.3, -0.25) is 4.90 Å². The average molecular weight is 270 g/mol. The van der Waals surface area contributed by atoms with Gasteiger partial charge in [-0.1, -0.05) is 6.07 Å². The minimum Gasteiger partial charge on any atom is -0.387 e. The zero-order valence-corrected chi connectivity index (χ0v) is 11.4. The Kier molecular flexibility index (Phi) is 4.18. The molecule has 1 heterocycles. The van der Waals surface area contributed by atoms with Crippen molar-refractivity contribution in [3.05, 3.63) is 35.4 Å². The number of benzene rings is 1. The zero-order chi connectivity index (χ0) is 14.0. The molecule has 1 aliphatic rings. The number of aliphatic hydroxyl groups is 1. The van der Waals surface area contributed by atoms with E-state index in [4.69, 9.17) is 0 Å². The van der Waals surface area contributed by atoms with Crippen LogP contribution >= 0.6 is 0 Å². The van der Waals surface area contributed by atoms with E-state index in [-0.39, 0.29) is 12.1 Å². The van der Waals surface area contributed by atoms with Crippen molar-refractivity contribution in [2.24, 2.45) is 0 Å². The molecule has 0 amide bonds. The van der Waals surface area contributed by atoms with Gasteiger partial charge in [-0.05, 0) is 32.6 Å². The summed E-state index contributed by atoms with van der Waals surface area (Å²) in [6.45, 7) is 1.86. The summed E-state index contributed by atoms with van der Waals surface area (Å²) >= 11 is 0. The molecule has 1 saturated heterocycles. The molecule has 1 fully saturated rings. The molecule has 1 aliphatic heterocycles. The lowest BCUT2D eigenvalue weighted by atomic mass is 10.0. The number of hydrogen-bond acceptors (Lipinski definition) is 3. The van der Waals surface area contributed by atoms with Gasteiger partial charge in [0, 0.05) is 31.7 Å². The summed E-state index contributed by atoms with van der Waals surface area (Å²) in [5.41, 5.74) is -0.706. The fraction of sp³-hybridized carbons (Fsp3) is 0.571. The Balaban J connectivity index is 2.02. The Labute approximate surface area is 112 Å². The molecule has 1 atom stereocenters. The Hall–Kier alpha value is -1.04. The van der Waals surface area contributed by atoms with E-state index in [0.29, 0.717) is 26.1 Å². The van der Waals surface area contributed by atoms with Gasteiger partial charge >= 0.3 is 0 Å². The zero-order valence-electron chi connectivity index (χ0n) is 11.4. The van der Waals surface area contributed by atoms with Crippen molar-refractivity contribution in [1.82, 2.24) is 9.80 Å². The second kappa shape index (κ2) is 5.53. The molecular weight excluding hydrogens is 250 g/mol. The SMILES string of the molecule is CN(C)C[C@@]1(O)CCN(Cc2c(F)cccc2F)C1. The van der Waals surface area contributed by atoms with Crippen LogP contribution in [0.2, 0.25) is 0 Å². The highest BCUT2D eigenvalue weighted by Crippen LogP contribution is 2.25. The summed E-state index contributed by atoms with van der Waals surface area (Å²) in [5, 5.41) is 10.4. The predicted molar refractivity (Wildman–Crippen MR) is 69.8 cm³/mol. The number of hydrogen-bond donors (Lipinski definition) is 1. The molecular formula is C14H20F2N2O. The van der Waals surface area contributed by atoms with Crippen LogP contribution in [0.3, 0.4) is 0 Å². The lowest BCUT2D eigenvalue weighted by molar-refractivity contribution is 0.0238. The molecule has 1 N–H and O–H groups in total. The largest absolute Gasteiger partial charge is 0.387 e. The van der Waals surface area contributed by atoms with Gasteiger partial charge in [0.15, 0.2) is 0 Å². The van der Waals surface area contributed by atoms with Crippen LogP contribution in [0.4, 0.5) is 8.78 Å². The van der Waals surface area contributed by atoms with E-state index in [0.717, 1.165) is 0 Å². The van der Waals surface area contributed by atoms with E-state index in [1.807, 2.05) is 23.9 Å². The minimum absolute atomic E-state index is 0.0802. The van der Waals surface area contributed by atoms with Crippen molar-refractivity contribution in [3.8, 4) is 0 Å². The Morgan fingerprint density at radius 3 is 2.53 bits per heavy atom. The predicted octanol–water partition coefficient (Wildman–Crippen LogP) is 1.46. The highest BCUT2D eigenvalue weighted by molar-refractivity contribution is 5.19. The summed E-state index contributed by atoms with van der Waals surface area (Å²) in [7, 11) is 3.80. The summed E-state index contributed by atoms with van der Waals surface area (Å²) in [5.74, 6) is -1.05. The summed E-state index contributed by atoms with van der Waals surface area (Å²) in [6, 6.07) is 3.89. The Bertz CT molecular complexity index is 433. The molecule has 0 aliphatic carbocycles. The fourth-order valence-corrected chi connectivity index (χ4v) is 2.70. The van der Waals surface area contributed by atoms with Crippen LogP contribution in [-0.4, -0.2) is 54.2 Å². The Morgan fingerprint density at radius 1 is 1.32 bits per heavy atom. The summed E-state index contributed by atoms with van der Waals surface area (Å²) in [6.07, 6.45) is 0.626. The highest BCUT2D eigenvalue weighted by atomic mass is 19.1. The lowest BCUT2D eigenvalue weighted by Gasteiger charge is -2.26. The molecule has 19 heavy (non-hydrogen) atoms. The van der Waals surface area contributed by atoms with Crippen molar-refractivity contribution in [2.45, 2.75) is 18.6 Å². The van der Waals surface area contributed by atoms with Gasteiger partial charge in [0.05, 0.1) is 5.60 Å². The highest BCUT2D eigenvalue weighted by Gasteiger charge is 2.36. The quantitative estimate of drug-likeness (QED) is 0.897. The first-order valence-electron chi connectivity index (χ1n) is 6.42. The number of likely N-dealkylation sites (tertiary alicyclic amines) is 1. The van der Waals surface area contributed by atoms with E-state index in [9.17, 15) is 13.9 Å². The van der Waals surface area contributed by atoms with Gasteiger partial charge in [-0.25, -0.2) is 8.78 Å². The van der Waals surface area contributed by atoms with Crippen LogP contribution < -0.4 is 0 Å². The molecule has 5 heteroatoms.